The lowest BCUT2D eigenvalue weighted by molar-refractivity contribution is -0.129. The summed E-state index contributed by atoms with van der Waals surface area (Å²) in [6.07, 6.45) is 8.34. The zero-order chi connectivity index (χ0) is 27.4. The second kappa shape index (κ2) is 9.67. The van der Waals surface area contributed by atoms with E-state index in [1.54, 1.807) is 12.3 Å². The van der Waals surface area contributed by atoms with Gasteiger partial charge in [-0.2, -0.15) is 4.68 Å². The van der Waals surface area contributed by atoms with Crippen LogP contribution in [0.25, 0.3) is 22.5 Å². The summed E-state index contributed by atoms with van der Waals surface area (Å²) in [4.78, 5) is 35.8. The number of para-hydroxylation sites is 1. The van der Waals surface area contributed by atoms with Crippen molar-refractivity contribution in [3.05, 3.63) is 77.2 Å². The third-order valence-electron chi connectivity index (χ3n) is 7.83. The standard InChI is InChI=1S/C28H24ClFN8O2/c29-19-8-10-22(37-14-32-35-36-37)25(26(19)30)16-11-17-7-9-23(38(17)24(39)12-16)27-31-13-21(33-27)18-3-1-2-4-20(18)34-28(40)15-5-6-15/h1-4,8,10,12-15,17,23H,5-7,9,11H2,(H,31,33)(H,34,40)/t17-,23-/m0/s1. The molecule has 202 valence electrons. The Labute approximate surface area is 233 Å². The van der Waals surface area contributed by atoms with Gasteiger partial charge in [0.05, 0.1) is 34.3 Å². The summed E-state index contributed by atoms with van der Waals surface area (Å²) in [5.41, 5.74) is 3.51. The topological polar surface area (TPSA) is 122 Å². The lowest BCUT2D eigenvalue weighted by Crippen LogP contribution is -2.39. The van der Waals surface area contributed by atoms with Gasteiger partial charge in [0.2, 0.25) is 11.8 Å². The first-order chi connectivity index (χ1) is 19.5. The highest BCUT2D eigenvalue weighted by atomic mass is 35.5. The van der Waals surface area contributed by atoms with Gasteiger partial charge in [-0.3, -0.25) is 9.59 Å². The smallest absolute Gasteiger partial charge is 0.247 e. The summed E-state index contributed by atoms with van der Waals surface area (Å²) in [6.45, 7) is 0. The zero-order valence-electron chi connectivity index (χ0n) is 21.2. The van der Waals surface area contributed by atoms with Crippen molar-refractivity contribution in [2.75, 3.05) is 5.32 Å². The third kappa shape index (κ3) is 4.26. The van der Waals surface area contributed by atoms with Crippen molar-refractivity contribution >= 4 is 34.7 Å². The maximum atomic E-state index is 15.4. The number of nitrogens with zero attached hydrogens (tertiary/aromatic N) is 6. The summed E-state index contributed by atoms with van der Waals surface area (Å²) in [5, 5.41) is 14.2. The molecule has 7 rings (SSSR count). The van der Waals surface area contributed by atoms with Gasteiger partial charge in [-0.1, -0.05) is 29.8 Å². The first kappa shape index (κ1) is 24.6. The summed E-state index contributed by atoms with van der Waals surface area (Å²) < 4.78 is 16.7. The minimum atomic E-state index is -0.611. The molecule has 2 fully saturated rings. The van der Waals surface area contributed by atoms with Crippen LogP contribution in [0.4, 0.5) is 10.1 Å². The molecule has 0 radical (unpaired) electrons. The molecule has 1 aliphatic carbocycles. The molecular weight excluding hydrogens is 535 g/mol. The predicted octanol–water partition coefficient (Wildman–Crippen LogP) is 4.71. The van der Waals surface area contributed by atoms with E-state index >= 15 is 4.39 Å². The van der Waals surface area contributed by atoms with Crippen molar-refractivity contribution in [2.24, 2.45) is 5.92 Å². The van der Waals surface area contributed by atoms with Crippen LogP contribution in [0.5, 0.6) is 0 Å². The Balaban J connectivity index is 1.17. The molecule has 4 aromatic rings. The van der Waals surface area contributed by atoms with Crippen LogP contribution in [-0.2, 0) is 9.59 Å². The number of nitrogens with one attached hydrogen (secondary N) is 2. The Hall–Kier alpha value is -4.38. The van der Waals surface area contributed by atoms with E-state index in [4.69, 9.17) is 11.6 Å². The number of tetrazole rings is 1. The number of carbonyl (C=O) groups excluding carboxylic acids is 2. The monoisotopic (exact) mass is 558 g/mol. The summed E-state index contributed by atoms with van der Waals surface area (Å²) >= 11 is 6.13. The molecule has 1 saturated carbocycles. The van der Waals surface area contributed by atoms with Crippen LogP contribution in [0.15, 0.2) is 55.0 Å². The van der Waals surface area contributed by atoms with Gasteiger partial charge in [-0.15, -0.1) is 5.10 Å². The van der Waals surface area contributed by atoms with E-state index in [0.29, 0.717) is 29.9 Å². The van der Waals surface area contributed by atoms with E-state index < -0.39 is 5.82 Å². The average Bonchev–Trinajstić information content (AvgIpc) is 3.30. The molecular formula is C28H24ClFN8O2. The molecule has 10 nitrogen and oxygen atoms in total. The molecule has 2 atom stereocenters. The Bertz CT molecular complexity index is 1660. The number of anilines is 1. The zero-order valence-corrected chi connectivity index (χ0v) is 22.0. The van der Waals surface area contributed by atoms with Crippen molar-refractivity contribution in [3.8, 4) is 16.9 Å². The van der Waals surface area contributed by atoms with Crippen LogP contribution in [0.3, 0.4) is 0 Å². The molecule has 4 heterocycles. The largest absolute Gasteiger partial charge is 0.340 e. The Morgan fingerprint density at radius 3 is 2.77 bits per heavy atom. The lowest BCUT2D eigenvalue weighted by atomic mass is 9.92. The maximum Gasteiger partial charge on any atom is 0.247 e. The molecule has 0 unspecified atom stereocenters. The Morgan fingerprint density at radius 2 is 1.98 bits per heavy atom. The summed E-state index contributed by atoms with van der Waals surface area (Å²) in [5.74, 6) is -0.0278. The van der Waals surface area contributed by atoms with E-state index in [9.17, 15) is 9.59 Å². The van der Waals surface area contributed by atoms with Gasteiger partial charge in [-0.05, 0) is 66.3 Å². The van der Waals surface area contributed by atoms with Crippen molar-refractivity contribution < 1.29 is 14.0 Å². The van der Waals surface area contributed by atoms with Crippen molar-refractivity contribution in [3.63, 3.8) is 0 Å². The van der Waals surface area contributed by atoms with Gasteiger partial charge in [0, 0.05) is 29.2 Å². The first-order valence-electron chi connectivity index (χ1n) is 13.2. The van der Waals surface area contributed by atoms with Crippen LogP contribution in [0.2, 0.25) is 5.02 Å². The van der Waals surface area contributed by atoms with Crippen molar-refractivity contribution in [1.29, 1.82) is 0 Å². The van der Waals surface area contributed by atoms with Gasteiger partial charge in [0.25, 0.3) is 0 Å². The minimum absolute atomic E-state index is 0.0340. The van der Waals surface area contributed by atoms with Gasteiger partial charge in [-0.25, -0.2) is 9.37 Å². The van der Waals surface area contributed by atoms with Gasteiger partial charge in [0.15, 0.2) is 5.82 Å². The fourth-order valence-corrected chi connectivity index (χ4v) is 5.91. The number of amides is 2. The van der Waals surface area contributed by atoms with Crippen LogP contribution in [0, 0.1) is 11.7 Å². The molecule has 2 aliphatic heterocycles. The number of H-pyrrole nitrogens is 1. The highest BCUT2D eigenvalue weighted by molar-refractivity contribution is 6.31. The number of hydrogen-bond donors (Lipinski definition) is 2. The van der Waals surface area contributed by atoms with Crippen LogP contribution >= 0.6 is 11.6 Å². The second-order valence-corrected chi connectivity index (χ2v) is 10.8. The number of hydrogen-bond acceptors (Lipinski definition) is 6. The SMILES string of the molecule is O=C(Nc1ccccc1-c1cnc([C@@H]2CC[C@H]3CC(c4c(-n5cnnn5)ccc(Cl)c4F)=CC(=O)N32)[nH]1)C1CC1. The first-order valence-corrected chi connectivity index (χ1v) is 13.6. The fourth-order valence-electron chi connectivity index (χ4n) is 5.75. The molecule has 2 aromatic carbocycles. The average molecular weight is 559 g/mol. The number of halogens is 2. The van der Waals surface area contributed by atoms with Crippen LogP contribution in [0.1, 0.15) is 49.5 Å². The summed E-state index contributed by atoms with van der Waals surface area (Å²) in [6, 6.07) is 10.3. The maximum absolute atomic E-state index is 15.4. The molecule has 12 heteroatoms. The molecule has 2 aromatic heterocycles. The fraction of sp³-hybridized carbons (Fsp3) is 0.286. The molecule has 1 saturated heterocycles. The molecule has 0 bridgehead atoms. The quantitative estimate of drug-likeness (QED) is 0.353. The van der Waals surface area contributed by atoms with Crippen LogP contribution < -0.4 is 5.32 Å². The second-order valence-electron chi connectivity index (χ2n) is 10.4. The number of aromatic nitrogens is 6. The highest BCUT2D eigenvalue weighted by Gasteiger charge is 2.42. The number of carbonyl (C=O) groups is 2. The van der Waals surface area contributed by atoms with Crippen LogP contribution in [-0.4, -0.2) is 52.9 Å². The van der Waals surface area contributed by atoms with Gasteiger partial charge >= 0.3 is 0 Å². The van der Waals surface area contributed by atoms with E-state index in [2.05, 4.69) is 30.8 Å². The van der Waals surface area contributed by atoms with E-state index in [1.807, 2.05) is 29.2 Å². The molecule has 40 heavy (non-hydrogen) atoms. The lowest BCUT2D eigenvalue weighted by Gasteiger charge is -2.33. The highest BCUT2D eigenvalue weighted by Crippen LogP contribution is 2.44. The van der Waals surface area contributed by atoms with Gasteiger partial charge in [0.1, 0.15) is 12.2 Å². The van der Waals surface area contributed by atoms with Crippen molar-refractivity contribution in [1.82, 2.24) is 35.1 Å². The van der Waals surface area contributed by atoms with Gasteiger partial charge < -0.3 is 15.2 Å². The molecule has 3 aliphatic rings. The number of imidazole rings is 1. The molecule has 2 N–H and O–H groups in total. The Kier molecular flexibility index (Phi) is 5.96. The molecule has 2 amide bonds. The van der Waals surface area contributed by atoms with Crippen molar-refractivity contribution in [2.45, 2.75) is 44.2 Å². The summed E-state index contributed by atoms with van der Waals surface area (Å²) in [7, 11) is 0. The number of aromatic amines is 1. The minimum Gasteiger partial charge on any atom is -0.340 e. The predicted molar refractivity (Wildman–Crippen MR) is 145 cm³/mol. The number of fused-ring (bicyclic) bond motifs is 1. The van der Waals surface area contributed by atoms with E-state index in [-0.39, 0.29) is 40.4 Å². The normalized spacial score (nSPS) is 20.4. The third-order valence-corrected chi connectivity index (χ3v) is 8.13. The number of rotatable bonds is 6. The number of benzene rings is 2. The van der Waals surface area contributed by atoms with E-state index in [0.717, 1.165) is 36.2 Å². The molecule has 0 spiro atoms. The Morgan fingerprint density at radius 1 is 1.12 bits per heavy atom. The van der Waals surface area contributed by atoms with E-state index in [1.165, 1.54) is 23.2 Å².